The summed E-state index contributed by atoms with van der Waals surface area (Å²) in [5.41, 5.74) is 1.82. The van der Waals surface area contributed by atoms with Crippen LogP contribution in [0.4, 0.5) is 14.9 Å². The van der Waals surface area contributed by atoms with Crippen LogP contribution in [0.1, 0.15) is 10.4 Å². The van der Waals surface area contributed by atoms with Crippen LogP contribution >= 0.6 is 11.3 Å². The van der Waals surface area contributed by atoms with Gasteiger partial charge in [-0.1, -0.05) is 12.1 Å². The smallest absolute Gasteiger partial charge is 0.317 e. The number of carbonyl (C=O) groups is 1. The number of nitrogens with zero attached hydrogens (tertiary/aromatic N) is 2. The molecule has 0 radical (unpaired) electrons. The van der Waals surface area contributed by atoms with Crippen LogP contribution in [0.5, 0.6) is 0 Å². The van der Waals surface area contributed by atoms with Crippen molar-refractivity contribution in [2.45, 2.75) is 13.5 Å². The minimum atomic E-state index is -0.210. The van der Waals surface area contributed by atoms with Gasteiger partial charge in [0.05, 0.1) is 12.2 Å². The zero-order valence-corrected chi connectivity index (χ0v) is 13.9. The second kappa shape index (κ2) is 7.00. The van der Waals surface area contributed by atoms with Crippen molar-refractivity contribution in [1.82, 2.24) is 10.2 Å². The molecule has 0 aliphatic carbocycles. The average molecular weight is 333 g/mol. The molecule has 2 aromatic rings. The van der Waals surface area contributed by atoms with Gasteiger partial charge in [-0.3, -0.25) is 0 Å². The fourth-order valence-electron chi connectivity index (χ4n) is 2.71. The van der Waals surface area contributed by atoms with Gasteiger partial charge < -0.3 is 15.1 Å². The predicted molar refractivity (Wildman–Crippen MR) is 91.5 cm³/mol. The third kappa shape index (κ3) is 3.64. The first kappa shape index (κ1) is 15.8. The number of hydrogen-bond donors (Lipinski definition) is 1. The number of halogens is 1. The molecule has 0 saturated carbocycles. The minimum Gasteiger partial charge on any atom is -0.366 e. The molecule has 1 fully saturated rings. The number of benzene rings is 1. The van der Waals surface area contributed by atoms with Gasteiger partial charge in [0.15, 0.2) is 0 Å². The molecular formula is C17H20FN3OS. The van der Waals surface area contributed by atoms with Crippen molar-refractivity contribution in [3.05, 3.63) is 52.0 Å². The van der Waals surface area contributed by atoms with Crippen molar-refractivity contribution < 1.29 is 9.18 Å². The maximum atomic E-state index is 13.8. The summed E-state index contributed by atoms with van der Waals surface area (Å²) in [6.45, 7) is 5.10. The molecule has 1 aromatic heterocycles. The van der Waals surface area contributed by atoms with Crippen LogP contribution in [0.15, 0.2) is 35.7 Å². The second-order valence-electron chi connectivity index (χ2n) is 5.61. The van der Waals surface area contributed by atoms with Crippen LogP contribution in [-0.4, -0.2) is 37.1 Å². The third-order valence-corrected chi connectivity index (χ3v) is 5.15. The van der Waals surface area contributed by atoms with Gasteiger partial charge >= 0.3 is 6.03 Å². The van der Waals surface area contributed by atoms with Crippen molar-refractivity contribution >= 4 is 23.1 Å². The summed E-state index contributed by atoms with van der Waals surface area (Å²) in [5.74, 6) is -0.210. The van der Waals surface area contributed by atoms with E-state index in [9.17, 15) is 9.18 Å². The number of urea groups is 1. The molecule has 6 heteroatoms. The molecule has 4 nitrogen and oxygen atoms in total. The summed E-state index contributed by atoms with van der Waals surface area (Å²) in [6.07, 6.45) is 0. The monoisotopic (exact) mass is 333 g/mol. The van der Waals surface area contributed by atoms with Gasteiger partial charge in [-0.25, -0.2) is 9.18 Å². The largest absolute Gasteiger partial charge is 0.366 e. The molecule has 0 unspecified atom stereocenters. The Hall–Kier alpha value is -2.08. The summed E-state index contributed by atoms with van der Waals surface area (Å²) in [4.78, 5) is 17.2. The summed E-state index contributed by atoms with van der Waals surface area (Å²) in [5, 5.41) is 5.00. The van der Waals surface area contributed by atoms with E-state index in [1.807, 2.05) is 23.3 Å². The fraction of sp³-hybridized carbons (Fsp3) is 0.353. The predicted octanol–water partition coefficient (Wildman–Crippen LogP) is 3.23. The van der Waals surface area contributed by atoms with Crippen molar-refractivity contribution in [1.29, 1.82) is 0 Å². The Balaban J connectivity index is 1.51. The number of anilines is 1. The molecule has 122 valence electrons. The topological polar surface area (TPSA) is 35.6 Å². The van der Waals surface area contributed by atoms with Crippen LogP contribution in [-0.2, 0) is 6.54 Å². The highest BCUT2D eigenvalue weighted by Crippen LogP contribution is 2.20. The van der Waals surface area contributed by atoms with E-state index in [-0.39, 0.29) is 11.8 Å². The van der Waals surface area contributed by atoms with Gasteiger partial charge in [0.2, 0.25) is 0 Å². The van der Waals surface area contributed by atoms with Gasteiger partial charge in [-0.2, -0.15) is 0 Å². The molecule has 0 atom stereocenters. The van der Waals surface area contributed by atoms with Gasteiger partial charge in [0.25, 0.3) is 0 Å². The lowest BCUT2D eigenvalue weighted by atomic mass is 10.2. The lowest BCUT2D eigenvalue weighted by molar-refractivity contribution is 0.194. The van der Waals surface area contributed by atoms with Crippen molar-refractivity contribution in [2.75, 3.05) is 31.1 Å². The molecule has 0 bridgehead atoms. The van der Waals surface area contributed by atoms with Crippen LogP contribution in [0.2, 0.25) is 0 Å². The molecule has 1 aromatic carbocycles. The number of amides is 2. The highest BCUT2D eigenvalue weighted by Gasteiger charge is 2.22. The van der Waals surface area contributed by atoms with Gasteiger partial charge in [0, 0.05) is 31.1 Å². The first-order valence-corrected chi connectivity index (χ1v) is 8.58. The van der Waals surface area contributed by atoms with E-state index in [2.05, 4.69) is 11.4 Å². The van der Waals surface area contributed by atoms with E-state index in [0.717, 1.165) is 0 Å². The van der Waals surface area contributed by atoms with Crippen LogP contribution < -0.4 is 10.2 Å². The van der Waals surface area contributed by atoms with Crippen molar-refractivity contribution in [3.8, 4) is 0 Å². The Morgan fingerprint density at radius 2 is 1.96 bits per heavy atom. The number of para-hydroxylation sites is 1. The Kier molecular flexibility index (Phi) is 4.81. The summed E-state index contributed by atoms with van der Waals surface area (Å²) < 4.78 is 13.8. The number of hydrogen-bond acceptors (Lipinski definition) is 3. The highest BCUT2D eigenvalue weighted by atomic mass is 32.1. The molecule has 3 rings (SSSR count). The Morgan fingerprint density at radius 1 is 1.22 bits per heavy atom. The second-order valence-corrected chi connectivity index (χ2v) is 6.61. The highest BCUT2D eigenvalue weighted by molar-refractivity contribution is 7.10. The Morgan fingerprint density at radius 3 is 2.61 bits per heavy atom. The fourth-order valence-corrected chi connectivity index (χ4v) is 3.56. The normalized spacial score (nSPS) is 14.9. The molecule has 1 aliphatic rings. The number of thiophene rings is 1. The maximum Gasteiger partial charge on any atom is 0.317 e. The van der Waals surface area contributed by atoms with Gasteiger partial charge in [0.1, 0.15) is 5.82 Å². The molecule has 1 aliphatic heterocycles. The molecule has 1 saturated heterocycles. The van der Waals surface area contributed by atoms with E-state index >= 15 is 0 Å². The number of rotatable bonds is 3. The third-order valence-electron chi connectivity index (χ3n) is 4.13. The maximum absolute atomic E-state index is 13.8. The molecule has 23 heavy (non-hydrogen) atoms. The van der Waals surface area contributed by atoms with Crippen LogP contribution in [0, 0.1) is 12.7 Å². The zero-order valence-electron chi connectivity index (χ0n) is 13.1. The zero-order chi connectivity index (χ0) is 16.2. The standard InChI is InChI=1S/C17H20FN3OS/c1-13-6-11-23-16(13)12-19-17(22)21-9-7-20(8-10-21)15-5-3-2-4-14(15)18/h2-6,11H,7-10,12H2,1H3,(H,19,22). The molecule has 2 heterocycles. The average Bonchev–Trinajstić information content (AvgIpc) is 2.98. The lowest BCUT2D eigenvalue weighted by Gasteiger charge is -2.36. The number of piperazine rings is 1. The van der Waals surface area contributed by atoms with E-state index in [0.29, 0.717) is 38.4 Å². The van der Waals surface area contributed by atoms with E-state index in [1.54, 1.807) is 28.4 Å². The summed E-state index contributed by atoms with van der Waals surface area (Å²) >= 11 is 1.65. The molecular weight excluding hydrogens is 313 g/mol. The molecule has 1 N–H and O–H groups in total. The first-order valence-electron chi connectivity index (χ1n) is 7.70. The van der Waals surface area contributed by atoms with E-state index in [4.69, 9.17) is 0 Å². The minimum absolute atomic E-state index is 0.0500. The van der Waals surface area contributed by atoms with Crippen molar-refractivity contribution in [2.24, 2.45) is 0 Å². The first-order chi connectivity index (χ1) is 11.1. The van der Waals surface area contributed by atoms with E-state index in [1.165, 1.54) is 16.5 Å². The Labute approximate surface area is 139 Å². The quantitative estimate of drug-likeness (QED) is 0.936. The van der Waals surface area contributed by atoms with Crippen LogP contribution in [0.25, 0.3) is 0 Å². The van der Waals surface area contributed by atoms with Gasteiger partial charge in [-0.15, -0.1) is 11.3 Å². The summed E-state index contributed by atoms with van der Waals surface area (Å²) in [7, 11) is 0. The van der Waals surface area contributed by atoms with Crippen LogP contribution in [0.3, 0.4) is 0 Å². The lowest BCUT2D eigenvalue weighted by Crippen LogP contribution is -2.51. The Bertz CT molecular complexity index is 680. The number of nitrogens with one attached hydrogen (secondary N) is 1. The summed E-state index contributed by atoms with van der Waals surface area (Å²) in [6, 6.07) is 8.78. The molecule has 2 amide bonds. The number of carbonyl (C=O) groups excluding carboxylic acids is 1. The van der Waals surface area contributed by atoms with Gasteiger partial charge in [-0.05, 0) is 36.1 Å². The molecule has 0 spiro atoms. The van der Waals surface area contributed by atoms with E-state index < -0.39 is 0 Å². The SMILES string of the molecule is Cc1ccsc1CNC(=O)N1CCN(c2ccccc2F)CC1. The van der Waals surface area contributed by atoms with Crippen molar-refractivity contribution in [3.63, 3.8) is 0 Å². The number of aryl methyl sites for hydroxylation is 1.